The van der Waals surface area contributed by atoms with Crippen molar-refractivity contribution in [1.29, 1.82) is 5.26 Å². The third kappa shape index (κ3) is 2.91. The molecule has 1 aromatic rings. The molecule has 0 spiro atoms. The number of nitrogens with one attached hydrogen (secondary N) is 1. The second kappa shape index (κ2) is 5.81. The van der Waals surface area contributed by atoms with Gasteiger partial charge in [0.25, 0.3) is 0 Å². The maximum absolute atomic E-state index is 13.3. The van der Waals surface area contributed by atoms with Crippen LogP contribution in [0, 0.1) is 17.1 Å². The van der Waals surface area contributed by atoms with Crippen LogP contribution in [-0.4, -0.2) is 24.5 Å². The molecule has 1 amide bonds. The molecule has 2 rings (SSSR count). The summed E-state index contributed by atoms with van der Waals surface area (Å²) in [6, 6.07) is 7.47. The van der Waals surface area contributed by atoms with Crippen molar-refractivity contribution in [3.05, 3.63) is 30.1 Å². The number of hydrogen-bond donors (Lipinski definition) is 1. The van der Waals surface area contributed by atoms with E-state index in [9.17, 15) is 9.18 Å². The number of nitrogens with zero attached hydrogens (tertiary/aromatic N) is 2. The van der Waals surface area contributed by atoms with E-state index in [0.717, 1.165) is 6.42 Å². The number of hydrogen-bond acceptors (Lipinski definition) is 3. The molecule has 1 aliphatic rings. The molecule has 0 saturated carbocycles. The molecule has 100 valence electrons. The lowest BCUT2D eigenvalue weighted by molar-refractivity contribution is -0.120. The fourth-order valence-corrected chi connectivity index (χ4v) is 2.33. The quantitative estimate of drug-likeness (QED) is 0.883. The molecular weight excluding hydrogens is 245 g/mol. The summed E-state index contributed by atoms with van der Waals surface area (Å²) in [4.78, 5) is 14.0. The summed E-state index contributed by atoms with van der Waals surface area (Å²) in [5.41, 5.74) is 0.545. The second-order valence-corrected chi connectivity index (χ2v) is 4.69. The fraction of sp³-hybridized carbons (Fsp3) is 0.429. The maximum Gasteiger partial charge on any atom is 0.245 e. The molecular formula is C14H16FN3O. The molecule has 19 heavy (non-hydrogen) atoms. The Morgan fingerprint density at radius 3 is 3.05 bits per heavy atom. The van der Waals surface area contributed by atoms with Gasteiger partial charge in [-0.1, -0.05) is 6.07 Å². The Morgan fingerprint density at radius 2 is 2.37 bits per heavy atom. The summed E-state index contributed by atoms with van der Waals surface area (Å²) < 4.78 is 13.3. The normalized spacial score (nSPS) is 23.8. The number of nitriles is 1. The number of halogens is 1. The number of amides is 1. The standard InChI is InChI=1S/C14H16FN3O/c1-10-6-8-17-13(5-7-16)14(19)18(10)12-4-2-3-11(15)9-12/h2-4,9-10,13,17H,5-6,8H2,1H3. The van der Waals surface area contributed by atoms with Gasteiger partial charge in [0.05, 0.1) is 12.5 Å². The van der Waals surface area contributed by atoms with Crippen molar-refractivity contribution in [2.45, 2.75) is 31.8 Å². The molecule has 1 saturated heterocycles. The summed E-state index contributed by atoms with van der Waals surface area (Å²) in [5, 5.41) is 11.8. The first-order valence-electron chi connectivity index (χ1n) is 6.32. The highest BCUT2D eigenvalue weighted by Gasteiger charge is 2.31. The SMILES string of the molecule is CC1CCNC(CC#N)C(=O)N1c1cccc(F)c1. The zero-order valence-electron chi connectivity index (χ0n) is 10.8. The molecule has 0 radical (unpaired) electrons. The molecule has 2 unspecified atom stereocenters. The minimum absolute atomic E-state index is 0.0227. The van der Waals surface area contributed by atoms with Crippen LogP contribution in [-0.2, 0) is 4.79 Å². The van der Waals surface area contributed by atoms with Crippen molar-refractivity contribution in [2.75, 3.05) is 11.4 Å². The van der Waals surface area contributed by atoms with Crippen LogP contribution in [0.4, 0.5) is 10.1 Å². The molecule has 1 fully saturated rings. The Balaban J connectivity index is 2.34. The van der Waals surface area contributed by atoms with Gasteiger partial charge in [0, 0.05) is 11.7 Å². The Morgan fingerprint density at radius 1 is 1.58 bits per heavy atom. The van der Waals surface area contributed by atoms with Crippen molar-refractivity contribution in [2.24, 2.45) is 0 Å². The van der Waals surface area contributed by atoms with E-state index in [2.05, 4.69) is 5.32 Å². The van der Waals surface area contributed by atoms with E-state index < -0.39 is 6.04 Å². The Bertz CT molecular complexity index is 512. The Kier molecular flexibility index (Phi) is 4.13. The summed E-state index contributed by atoms with van der Waals surface area (Å²) in [5.74, 6) is -0.538. The van der Waals surface area contributed by atoms with Crippen molar-refractivity contribution in [3.63, 3.8) is 0 Å². The van der Waals surface area contributed by atoms with Crippen LogP contribution in [0.1, 0.15) is 19.8 Å². The predicted octanol–water partition coefficient (Wildman–Crippen LogP) is 1.82. The molecule has 5 heteroatoms. The first-order valence-corrected chi connectivity index (χ1v) is 6.32. The minimum Gasteiger partial charge on any atom is -0.308 e. The molecule has 1 N–H and O–H groups in total. The second-order valence-electron chi connectivity index (χ2n) is 4.69. The van der Waals surface area contributed by atoms with Gasteiger partial charge in [0.15, 0.2) is 0 Å². The van der Waals surface area contributed by atoms with Gasteiger partial charge in [-0.15, -0.1) is 0 Å². The molecule has 2 atom stereocenters. The number of benzene rings is 1. The largest absolute Gasteiger partial charge is 0.308 e. The van der Waals surface area contributed by atoms with Crippen LogP contribution in [0.5, 0.6) is 0 Å². The number of anilines is 1. The van der Waals surface area contributed by atoms with Gasteiger partial charge in [-0.2, -0.15) is 5.26 Å². The lowest BCUT2D eigenvalue weighted by atomic mass is 10.1. The van der Waals surface area contributed by atoms with Gasteiger partial charge in [-0.3, -0.25) is 4.79 Å². The first-order chi connectivity index (χ1) is 9.13. The number of carbonyl (C=O) groups excluding carboxylic acids is 1. The summed E-state index contributed by atoms with van der Waals surface area (Å²) in [6.45, 7) is 2.60. The van der Waals surface area contributed by atoms with E-state index in [0.29, 0.717) is 12.2 Å². The average molecular weight is 261 g/mol. The van der Waals surface area contributed by atoms with Gasteiger partial charge in [0.1, 0.15) is 11.9 Å². The van der Waals surface area contributed by atoms with Crippen LogP contribution in [0.2, 0.25) is 0 Å². The van der Waals surface area contributed by atoms with Crippen LogP contribution in [0.15, 0.2) is 24.3 Å². The van der Waals surface area contributed by atoms with Crippen molar-refractivity contribution in [1.82, 2.24) is 5.32 Å². The topological polar surface area (TPSA) is 56.1 Å². The average Bonchev–Trinajstić information content (AvgIpc) is 2.50. The number of carbonyl (C=O) groups is 1. The van der Waals surface area contributed by atoms with E-state index in [1.807, 2.05) is 13.0 Å². The highest BCUT2D eigenvalue weighted by molar-refractivity contribution is 5.98. The molecule has 0 aliphatic carbocycles. The predicted molar refractivity (Wildman–Crippen MR) is 70.0 cm³/mol. The third-order valence-electron chi connectivity index (χ3n) is 3.31. The van der Waals surface area contributed by atoms with Gasteiger partial charge >= 0.3 is 0 Å². The zero-order valence-corrected chi connectivity index (χ0v) is 10.8. The third-order valence-corrected chi connectivity index (χ3v) is 3.31. The summed E-state index contributed by atoms with van der Waals surface area (Å²) in [7, 11) is 0. The number of rotatable bonds is 2. The lowest BCUT2D eigenvalue weighted by Crippen LogP contribution is -2.46. The van der Waals surface area contributed by atoms with Gasteiger partial charge < -0.3 is 10.2 Å². The molecule has 1 aromatic carbocycles. The fourth-order valence-electron chi connectivity index (χ4n) is 2.33. The monoisotopic (exact) mass is 261 g/mol. The highest BCUT2D eigenvalue weighted by Crippen LogP contribution is 2.23. The van der Waals surface area contributed by atoms with E-state index in [1.165, 1.54) is 12.1 Å². The molecule has 0 aromatic heterocycles. The van der Waals surface area contributed by atoms with Crippen molar-refractivity contribution < 1.29 is 9.18 Å². The van der Waals surface area contributed by atoms with Crippen LogP contribution < -0.4 is 10.2 Å². The van der Waals surface area contributed by atoms with E-state index in [-0.39, 0.29) is 24.2 Å². The Labute approximate surface area is 111 Å². The van der Waals surface area contributed by atoms with E-state index in [4.69, 9.17) is 5.26 Å². The van der Waals surface area contributed by atoms with E-state index in [1.54, 1.807) is 17.0 Å². The molecule has 0 bridgehead atoms. The molecule has 1 aliphatic heterocycles. The summed E-state index contributed by atoms with van der Waals surface area (Å²) >= 11 is 0. The zero-order chi connectivity index (χ0) is 13.8. The van der Waals surface area contributed by atoms with Gasteiger partial charge in [-0.25, -0.2) is 4.39 Å². The van der Waals surface area contributed by atoms with Crippen molar-refractivity contribution in [3.8, 4) is 6.07 Å². The molecule has 1 heterocycles. The van der Waals surface area contributed by atoms with Crippen LogP contribution >= 0.6 is 0 Å². The molecule has 4 nitrogen and oxygen atoms in total. The maximum atomic E-state index is 13.3. The summed E-state index contributed by atoms with van der Waals surface area (Å²) in [6.07, 6.45) is 0.890. The van der Waals surface area contributed by atoms with E-state index >= 15 is 0 Å². The van der Waals surface area contributed by atoms with Crippen LogP contribution in [0.25, 0.3) is 0 Å². The van der Waals surface area contributed by atoms with Gasteiger partial charge in [-0.05, 0) is 38.1 Å². The van der Waals surface area contributed by atoms with Crippen molar-refractivity contribution >= 4 is 11.6 Å². The van der Waals surface area contributed by atoms with Gasteiger partial charge in [0.2, 0.25) is 5.91 Å². The first kappa shape index (κ1) is 13.5. The Hall–Kier alpha value is -1.93. The highest BCUT2D eigenvalue weighted by atomic mass is 19.1. The van der Waals surface area contributed by atoms with Crippen LogP contribution in [0.3, 0.4) is 0 Å². The smallest absolute Gasteiger partial charge is 0.245 e. The lowest BCUT2D eigenvalue weighted by Gasteiger charge is -2.28. The minimum atomic E-state index is -0.516.